The number of carbonyl (C=O) groups excluding carboxylic acids is 2. The highest BCUT2D eigenvalue weighted by atomic mass is 35.5. The molecule has 0 aliphatic heterocycles. The van der Waals surface area contributed by atoms with Crippen molar-refractivity contribution in [3.05, 3.63) is 64.7 Å². The summed E-state index contributed by atoms with van der Waals surface area (Å²) >= 11 is 6.22. The minimum atomic E-state index is -3.79. The fourth-order valence-electron chi connectivity index (χ4n) is 4.11. The molecule has 0 heterocycles. The molecule has 0 aromatic heterocycles. The Morgan fingerprint density at radius 1 is 1.12 bits per heavy atom. The Hall–Kier alpha value is -2.58. The zero-order chi connectivity index (χ0) is 24.9. The van der Waals surface area contributed by atoms with Gasteiger partial charge >= 0.3 is 0 Å². The molecule has 2 aromatic rings. The van der Waals surface area contributed by atoms with E-state index in [9.17, 15) is 18.0 Å². The molecular formula is C25H32ClN3O4S. The number of aryl methyl sites for hydroxylation is 1. The maximum atomic E-state index is 13.5. The molecule has 0 radical (unpaired) electrons. The van der Waals surface area contributed by atoms with Crippen molar-refractivity contribution in [3.63, 3.8) is 0 Å². The highest BCUT2D eigenvalue weighted by Gasteiger charge is 2.31. The number of anilines is 1. The zero-order valence-electron chi connectivity index (χ0n) is 19.8. The Morgan fingerprint density at radius 3 is 2.35 bits per heavy atom. The van der Waals surface area contributed by atoms with Gasteiger partial charge in [-0.1, -0.05) is 60.8 Å². The Kier molecular flexibility index (Phi) is 8.60. The summed E-state index contributed by atoms with van der Waals surface area (Å²) in [5.74, 6) is -0.708. The van der Waals surface area contributed by atoms with E-state index in [1.165, 1.54) is 11.0 Å². The molecular weight excluding hydrogens is 474 g/mol. The van der Waals surface area contributed by atoms with Crippen LogP contribution in [0.4, 0.5) is 5.69 Å². The van der Waals surface area contributed by atoms with Crippen molar-refractivity contribution in [2.24, 2.45) is 0 Å². The molecule has 1 N–H and O–H groups in total. The van der Waals surface area contributed by atoms with Crippen molar-refractivity contribution < 1.29 is 18.0 Å². The Morgan fingerprint density at radius 2 is 1.76 bits per heavy atom. The molecule has 3 rings (SSSR count). The van der Waals surface area contributed by atoms with Crippen LogP contribution >= 0.6 is 11.6 Å². The van der Waals surface area contributed by atoms with Crippen LogP contribution in [0.2, 0.25) is 5.02 Å². The first-order valence-corrected chi connectivity index (χ1v) is 13.7. The van der Waals surface area contributed by atoms with Gasteiger partial charge in [0.1, 0.15) is 12.6 Å². The van der Waals surface area contributed by atoms with E-state index in [0.29, 0.717) is 10.7 Å². The summed E-state index contributed by atoms with van der Waals surface area (Å²) in [6.07, 6.45) is 5.07. The third-order valence-corrected chi connectivity index (χ3v) is 7.73. The SMILES string of the molecule is Cc1ccc(N(CC(=O)N(Cc2ccccc2)[C@@H](C)C(=O)NC2CCCC2)S(C)(=O)=O)cc1Cl. The first-order chi connectivity index (χ1) is 16.1. The van der Waals surface area contributed by atoms with Crippen LogP contribution in [0.5, 0.6) is 0 Å². The fraction of sp³-hybridized carbons (Fsp3) is 0.440. The van der Waals surface area contributed by atoms with Crippen LogP contribution in [0, 0.1) is 6.92 Å². The number of amides is 2. The van der Waals surface area contributed by atoms with E-state index < -0.39 is 28.5 Å². The van der Waals surface area contributed by atoms with E-state index in [1.54, 1.807) is 19.1 Å². The van der Waals surface area contributed by atoms with Crippen LogP contribution in [0.3, 0.4) is 0 Å². The molecule has 1 fully saturated rings. The minimum absolute atomic E-state index is 0.117. The second-order valence-electron chi connectivity index (χ2n) is 8.88. The standard InChI is InChI=1S/C25H32ClN3O4S/c1-18-13-14-22(15-23(18)26)29(34(3,32)33)17-24(30)28(16-20-9-5-4-6-10-20)19(2)25(31)27-21-11-7-8-12-21/h4-6,9-10,13-15,19,21H,7-8,11-12,16-17H2,1-3H3,(H,27,31)/t19-/m0/s1. The van der Waals surface area contributed by atoms with Gasteiger partial charge in [-0.3, -0.25) is 13.9 Å². The van der Waals surface area contributed by atoms with Crippen molar-refractivity contribution in [2.75, 3.05) is 17.1 Å². The fourth-order valence-corrected chi connectivity index (χ4v) is 5.12. The van der Waals surface area contributed by atoms with Crippen LogP contribution in [-0.2, 0) is 26.2 Å². The molecule has 1 atom stereocenters. The van der Waals surface area contributed by atoms with Gasteiger partial charge in [0.15, 0.2) is 0 Å². The van der Waals surface area contributed by atoms with Crippen molar-refractivity contribution in [1.29, 1.82) is 0 Å². The summed E-state index contributed by atoms with van der Waals surface area (Å²) in [5.41, 5.74) is 1.95. The highest BCUT2D eigenvalue weighted by molar-refractivity contribution is 7.92. The molecule has 1 aliphatic carbocycles. The number of benzene rings is 2. The Bertz CT molecular complexity index is 1120. The predicted molar refractivity (Wildman–Crippen MR) is 135 cm³/mol. The third kappa shape index (κ3) is 6.73. The maximum Gasteiger partial charge on any atom is 0.244 e. The van der Waals surface area contributed by atoms with E-state index in [-0.39, 0.29) is 18.5 Å². The van der Waals surface area contributed by atoms with Crippen molar-refractivity contribution in [3.8, 4) is 0 Å². The monoisotopic (exact) mass is 505 g/mol. The van der Waals surface area contributed by atoms with Gasteiger partial charge in [0.2, 0.25) is 21.8 Å². The summed E-state index contributed by atoms with van der Waals surface area (Å²) in [5, 5.41) is 3.45. The first kappa shape index (κ1) is 26.0. The van der Waals surface area contributed by atoms with Gasteiger partial charge in [-0.25, -0.2) is 8.42 Å². The van der Waals surface area contributed by atoms with Crippen molar-refractivity contribution in [1.82, 2.24) is 10.2 Å². The normalized spacial score (nSPS) is 15.1. The number of hydrogen-bond acceptors (Lipinski definition) is 4. The van der Waals surface area contributed by atoms with Gasteiger partial charge in [-0.05, 0) is 49.9 Å². The molecule has 9 heteroatoms. The Labute approximate surface area is 207 Å². The number of hydrogen-bond donors (Lipinski definition) is 1. The minimum Gasteiger partial charge on any atom is -0.352 e. The van der Waals surface area contributed by atoms with Crippen LogP contribution in [-0.4, -0.2) is 50.0 Å². The van der Waals surface area contributed by atoms with E-state index in [2.05, 4.69) is 5.32 Å². The van der Waals surface area contributed by atoms with Gasteiger partial charge in [0.05, 0.1) is 11.9 Å². The van der Waals surface area contributed by atoms with Crippen molar-refractivity contribution >= 4 is 39.1 Å². The molecule has 0 unspecified atom stereocenters. The lowest BCUT2D eigenvalue weighted by Gasteiger charge is -2.32. The second kappa shape index (κ2) is 11.2. The molecule has 2 amide bonds. The largest absolute Gasteiger partial charge is 0.352 e. The third-order valence-electron chi connectivity index (χ3n) is 6.19. The molecule has 0 saturated heterocycles. The summed E-state index contributed by atoms with van der Waals surface area (Å²) in [7, 11) is -3.79. The van der Waals surface area contributed by atoms with Gasteiger partial charge in [-0.15, -0.1) is 0 Å². The molecule has 1 aliphatic rings. The van der Waals surface area contributed by atoms with Crippen LogP contribution < -0.4 is 9.62 Å². The smallest absolute Gasteiger partial charge is 0.244 e. The van der Waals surface area contributed by atoms with E-state index in [4.69, 9.17) is 11.6 Å². The maximum absolute atomic E-state index is 13.5. The molecule has 184 valence electrons. The second-order valence-corrected chi connectivity index (χ2v) is 11.2. The quantitative estimate of drug-likeness (QED) is 0.560. The van der Waals surface area contributed by atoms with Crippen LogP contribution in [0.15, 0.2) is 48.5 Å². The number of nitrogens with zero attached hydrogens (tertiary/aromatic N) is 2. The van der Waals surface area contributed by atoms with Crippen LogP contribution in [0.1, 0.15) is 43.7 Å². The lowest BCUT2D eigenvalue weighted by molar-refractivity contribution is -0.139. The lowest BCUT2D eigenvalue weighted by atomic mass is 10.1. The number of carbonyl (C=O) groups is 2. The number of rotatable bonds is 9. The number of sulfonamides is 1. The Balaban J connectivity index is 1.87. The number of halogens is 1. The van der Waals surface area contributed by atoms with Crippen LogP contribution in [0.25, 0.3) is 0 Å². The average Bonchev–Trinajstić information content (AvgIpc) is 3.30. The van der Waals surface area contributed by atoms with Gasteiger partial charge in [0.25, 0.3) is 0 Å². The first-order valence-electron chi connectivity index (χ1n) is 11.4. The topological polar surface area (TPSA) is 86.8 Å². The lowest BCUT2D eigenvalue weighted by Crippen LogP contribution is -2.52. The summed E-state index contributed by atoms with van der Waals surface area (Å²) in [6, 6.07) is 13.5. The number of nitrogens with one attached hydrogen (secondary N) is 1. The molecule has 2 aromatic carbocycles. The van der Waals surface area contributed by atoms with Gasteiger partial charge in [-0.2, -0.15) is 0 Å². The van der Waals surface area contributed by atoms with E-state index in [1.807, 2.05) is 37.3 Å². The van der Waals surface area contributed by atoms with Gasteiger partial charge < -0.3 is 10.2 Å². The van der Waals surface area contributed by atoms with E-state index >= 15 is 0 Å². The summed E-state index contributed by atoms with van der Waals surface area (Å²) < 4.78 is 26.3. The average molecular weight is 506 g/mol. The summed E-state index contributed by atoms with van der Waals surface area (Å²) in [4.78, 5) is 28.0. The summed E-state index contributed by atoms with van der Waals surface area (Å²) in [6.45, 7) is 3.24. The molecule has 7 nitrogen and oxygen atoms in total. The molecule has 0 spiro atoms. The van der Waals surface area contributed by atoms with Gasteiger partial charge in [0, 0.05) is 17.6 Å². The molecule has 0 bridgehead atoms. The van der Waals surface area contributed by atoms with Crippen molar-refractivity contribution in [2.45, 2.75) is 58.2 Å². The zero-order valence-corrected chi connectivity index (χ0v) is 21.4. The van der Waals surface area contributed by atoms with E-state index in [0.717, 1.165) is 47.4 Å². The highest BCUT2D eigenvalue weighted by Crippen LogP contribution is 2.25. The predicted octanol–water partition coefficient (Wildman–Crippen LogP) is 3.89. The molecule has 34 heavy (non-hydrogen) atoms. The molecule has 1 saturated carbocycles.